The topological polar surface area (TPSA) is 40.5 Å². The Kier molecular flexibility index (Phi) is 6.70. The van der Waals surface area contributed by atoms with Crippen molar-refractivity contribution in [2.45, 2.75) is 32.7 Å². The molecule has 0 unspecified atom stereocenters. The fourth-order valence-corrected chi connectivity index (χ4v) is 1.74. The van der Waals surface area contributed by atoms with Crippen molar-refractivity contribution in [1.82, 2.24) is 4.90 Å². The van der Waals surface area contributed by atoms with E-state index in [1.807, 2.05) is 38.2 Å². The van der Waals surface area contributed by atoms with Crippen LogP contribution in [0.1, 0.15) is 37.3 Å². The van der Waals surface area contributed by atoms with Gasteiger partial charge in [-0.25, -0.2) is 0 Å². The number of aliphatic hydroxyl groups excluding tert-OH is 1. The molecule has 0 aromatic heterocycles. The standard InChI is InChI=1S/C16H21NO2/c1-3-8-16(19)17(2)13-15-11-5-4-9-14(15)10-6-7-12-18/h4-5,9,11,18H,3,7-8,12-13H2,1-2H3. The highest BCUT2D eigenvalue weighted by atomic mass is 16.2. The minimum absolute atomic E-state index is 0.0735. The highest BCUT2D eigenvalue weighted by molar-refractivity contribution is 5.75. The molecule has 102 valence electrons. The number of nitrogens with zero attached hydrogens (tertiary/aromatic N) is 1. The summed E-state index contributed by atoms with van der Waals surface area (Å²) in [5.74, 6) is 6.11. The molecule has 3 nitrogen and oxygen atoms in total. The number of benzene rings is 1. The number of amides is 1. The van der Waals surface area contributed by atoms with Gasteiger partial charge in [-0.2, -0.15) is 0 Å². The Labute approximate surface area is 115 Å². The van der Waals surface area contributed by atoms with E-state index in [1.54, 1.807) is 4.90 Å². The molecule has 1 aromatic rings. The van der Waals surface area contributed by atoms with Crippen molar-refractivity contribution in [2.75, 3.05) is 13.7 Å². The van der Waals surface area contributed by atoms with Crippen molar-refractivity contribution in [3.05, 3.63) is 35.4 Å². The second-order valence-corrected chi connectivity index (χ2v) is 4.43. The summed E-state index contributed by atoms with van der Waals surface area (Å²) in [4.78, 5) is 13.5. The first-order chi connectivity index (χ1) is 9.19. The van der Waals surface area contributed by atoms with Gasteiger partial charge in [0.2, 0.25) is 5.91 Å². The smallest absolute Gasteiger partial charge is 0.222 e. The van der Waals surface area contributed by atoms with E-state index in [-0.39, 0.29) is 12.5 Å². The van der Waals surface area contributed by atoms with E-state index in [1.165, 1.54) is 0 Å². The molecule has 0 spiro atoms. The van der Waals surface area contributed by atoms with Crippen LogP contribution in [0.5, 0.6) is 0 Å². The van der Waals surface area contributed by atoms with Crippen molar-refractivity contribution in [1.29, 1.82) is 0 Å². The zero-order valence-corrected chi connectivity index (χ0v) is 11.6. The molecular formula is C16H21NO2. The van der Waals surface area contributed by atoms with Gasteiger partial charge >= 0.3 is 0 Å². The molecule has 1 amide bonds. The number of hydrogen-bond acceptors (Lipinski definition) is 2. The lowest BCUT2D eigenvalue weighted by molar-refractivity contribution is -0.130. The molecule has 0 radical (unpaired) electrons. The van der Waals surface area contributed by atoms with Gasteiger partial charge in [0.15, 0.2) is 0 Å². The molecule has 0 aliphatic heterocycles. The molecule has 1 aromatic carbocycles. The summed E-state index contributed by atoms with van der Waals surface area (Å²) < 4.78 is 0. The second-order valence-electron chi connectivity index (χ2n) is 4.43. The Bertz CT molecular complexity index is 471. The molecule has 0 heterocycles. The van der Waals surface area contributed by atoms with Crippen molar-refractivity contribution >= 4 is 5.91 Å². The molecule has 0 saturated carbocycles. The first-order valence-corrected chi connectivity index (χ1v) is 6.60. The largest absolute Gasteiger partial charge is 0.395 e. The van der Waals surface area contributed by atoms with Gasteiger partial charge in [-0.1, -0.05) is 37.0 Å². The van der Waals surface area contributed by atoms with E-state index >= 15 is 0 Å². The molecule has 1 rings (SSSR count). The summed E-state index contributed by atoms with van der Waals surface area (Å²) in [5, 5.41) is 8.74. The van der Waals surface area contributed by atoms with E-state index in [0.29, 0.717) is 19.4 Å². The van der Waals surface area contributed by atoms with Gasteiger partial charge in [-0.15, -0.1) is 0 Å². The monoisotopic (exact) mass is 259 g/mol. The van der Waals surface area contributed by atoms with E-state index in [2.05, 4.69) is 11.8 Å². The molecule has 0 bridgehead atoms. The second kappa shape index (κ2) is 8.34. The predicted molar refractivity (Wildman–Crippen MR) is 76.4 cm³/mol. The molecule has 0 saturated heterocycles. The summed E-state index contributed by atoms with van der Waals surface area (Å²) in [6.07, 6.45) is 1.91. The van der Waals surface area contributed by atoms with Gasteiger partial charge in [0, 0.05) is 32.0 Å². The fourth-order valence-electron chi connectivity index (χ4n) is 1.74. The van der Waals surface area contributed by atoms with Crippen molar-refractivity contribution in [3.8, 4) is 11.8 Å². The molecule has 0 aliphatic carbocycles. The van der Waals surface area contributed by atoms with Crippen LogP contribution in [0.2, 0.25) is 0 Å². The van der Waals surface area contributed by atoms with Gasteiger partial charge in [0.05, 0.1) is 6.61 Å². The molecule has 1 N–H and O–H groups in total. The van der Waals surface area contributed by atoms with Gasteiger partial charge in [-0.05, 0) is 18.1 Å². The third-order valence-electron chi connectivity index (χ3n) is 2.77. The third-order valence-corrected chi connectivity index (χ3v) is 2.77. The quantitative estimate of drug-likeness (QED) is 0.823. The summed E-state index contributed by atoms with van der Waals surface area (Å²) in [7, 11) is 1.82. The molecule has 19 heavy (non-hydrogen) atoms. The van der Waals surface area contributed by atoms with Crippen molar-refractivity contribution in [2.24, 2.45) is 0 Å². The van der Waals surface area contributed by atoms with E-state index < -0.39 is 0 Å². The van der Waals surface area contributed by atoms with E-state index in [4.69, 9.17) is 5.11 Å². The average molecular weight is 259 g/mol. The molecular weight excluding hydrogens is 238 g/mol. The Hall–Kier alpha value is -1.79. The average Bonchev–Trinajstić information content (AvgIpc) is 2.41. The maximum Gasteiger partial charge on any atom is 0.222 e. The van der Waals surface area contributed by atoms with Gasteiger partial charge in [0.25, 0.3) is 0 Å². The molecule has 3 heteroatoms. The van der Waals surface area contributed by atoms with Crippen LogP contribution in [0, 0.1) is 11.8 Å². The van der Waals surface area contributed by atoms with Crippen LogP contribution < -0.4 is 0 Å². The summed E-state index contributed by atoms with van der Waals surface area (Å²) in [6, 6.07) is 7.81. The minimum atomic E-state index is 0.0735. The third kappa shape index (κ3) is 5.15. The predicted octanol–water partition coefficient (Wildman–Crippen LogP) is 2.18. The summed E-state index contributed by atoms with van der Waals surface area (Å²) in [5.41, 5.74) is 1.96. The fraction of sp³-hybridized carbons (Fsp3) is 0.438. The number of carbonyl (C=O) groups excluding carboxylic acids is 1. The van der Waals surface area contributed by atoms with Gasteiger partial charge < -0.3 is 10.0 Å². The highest BCUT2D eigenvalue weighted by Gasteiger charge is 2.09. The minimum Gasteiger partial charge on any atom is -0.395 e. The van der Waals surface area contributed by atoms with E-state index in [0.717, 1.165) is 17.5 Å². The first kappa shape index (κ1) is 15.3. The van der Waals surface area contributed by atoms with Gasteiger partial charge in [-0.3, -0.25) is 4.79 Å². The maximum absolute atomic E-state index is 11.8. The Morgan fingerprint density at radius 1 is 1.37 bits per heavy atom. The zero-order chi connectivity index (χ0) is 14.1. The van der Waals surface area contributed by atoms with Crippen LogP contribution in [0.3, 0.4) is 0 Å². The lowest BCUT2D eigenvalue weighted by Gasteiger charge is -2.17. The van der Waals surface area contributed by atoms with Crippen LogP contribution in [0.25, 0.3) is 0 Å². The summed E-state index contributed by atoms with van der Waals surface area (Å²) in [6.45, 7) is 2.65. The normalized spacial score (nSPS) is 9.63. The SMILES string of the molecule is CCCC(=O)N(C)Cc1ccccc1C#CCCO. The lowest BCUT2D eigenvalue weighted by atomic mass is 10.1. The van der Waals surface area contributed by atoms with Crippen molar-refractivity contribution < 1.29 is 9.90 Å². The highest BCUT2D eigenvalue weighted by Crippen LogP contribution is 2.11. The van der Waals surface area contributed by atoms with Crippen LogP contribution in [0.15, 0.2) is 24.3 Å². The van der Waals surface area contributed by atoms with Crippen LogP contribution >= 0.6 is 0 Å². The molecule has 0 fully saturated rings. The Morgan fingerprint density at radius 3 is 2.79 bits per heavy atom. The summed E-state index contributed by atoms with van der Waals surface area (Å²) >= 11 is 0. The van der Waals surface area contributed by atoms with Crippen LogP contribution in [0.4, 0.5) is 0 Å². The van der Waals surface area contributed by atoms with Gasteiger partial charge in [0.1, 0.15) is 0 Å². The van der Waals surface area contributed by atoms with Crippen LogP contribution in [-0.2, 0) is 11.3 Å². The Morgan fingerprint density at radius 2 is 2.11 bits per heavy atom. The molecule has 0 aliphatic rings. The van der Waals surface area contributed by atoms with Crippen LogP contribution in [-0.4, -0.2) is 29.6 Å². The number of carbonyl (C=O) groups is 1. The molecule has 0 atom stereocenters. The Balaban J connectivity index is 2.78. The maximum atomic E-state index is 11.8. The van der Waals surface area contributed by atoms with Crippen molar-refractivity contribution in [3.63, 3.8) is 0 Å². The lowest BCUT2D eigenvalue weighted by Crippen LogP contribution is -2.26. The zero-order valence-electron chi connectivity index (χ0n) is 11.6. The number of aliphatic hydroxyl groups is 1. The van der Waals surface area contributed by atoms with E-state index in [9.17, 15) is 4.79 Å². The first-order valence-electron chi connectivity index (χ1n) is 6.60. The number of hydrogen-bond donors (Lipinski definition) is 1. The number of rotatable bonds is 5.